The number of ketones is 1. The molecule has 2 aromatic carbocycles. The van der Waals surface area contributed by atoms with Crippen molar-refractivity contribution >= 4 is 40.7 Å². The Morgan fingerprint density at radius 1 is 1.13 bits per heavy atom. The van der Waals surface area contributed by atoms with E-state index in [2.05, 4.69) is 0 Å². The van der Waals surface area contributed by atoms with Crippen LogP contribution in [-0.2, 0) is 14.3 Å². The van der Waals surface area contributed by atoms with Crippen LogP contribution in [0.15, 0.2) is 42.0 Å². The number of aliphatic hydroxyl groups excluding tert-OH is 1. The highest BCUT2D eigenvalue weighted by atomic mass is 35.5. The molecule has 1 aliphatic heterocycles. The number of hydrogen-bond donors (Lipinski definition) is 2. The summed E-state index contributed by atoms with van der Waals surface area (Å²) in [6.07, 6.45) is 0. The molecule has 9 heteroatoms. The highest BCUT2D eigenvalue weighted by molar-refractivity contribution is 6.47. The second kappa shape index (κ2) is 9.60. The Labute approximate surface area is 189 Å². The number of methoxy groups -OCH3 is 1. The van der Waals surface area contributed by atoms with Gasteiger partial charge in [0.25, 0.3) is 11.7 Å². The Morgan fingerprint density at radius 3 is 2.52 bits per heavy atom. The van der Waals surface area contributed by atoms with Crippen LogP contribution in [0.25, 0.3) is 5.76 Å². The van der Waals surface area contributed by atoms with Gasteiger partial charge in [-0.3, -0.25) is 9.59 Å². The first-order chi connectivity index (χ1) is 14.8. The molecular formula is C22H21Cl2NO6. The molecule has 1 amide bonds. The number of hydrogen-bond acceptors (Lipinski definition) is 6. The number of halogens is 2. The van der Waals surface area contributed by atoms with Crippen molar-refractivity contribution in [2.24, 2.45) is 0 Å². The quantitative estimate of drug-likeness (QED) is 0.361. The number of nitrogens with zero attached hydrogens (tertiary/aromatic N) is 1. The fraction of sp³-hybridized carbons (Fsp3) is 0.273. The molecule has 1 aliphatic rings. The zero-order valence-electron chi connectivity index (χ0n) is 16.9. The molecule has 1 unspecified atom stereocenters. The molecule has 1 heterocycles. The minimum atomic E-state index is -0.944. The summed E-state index contributed by atoms with van der Waals surface area (Å²) in [6, 6.07) is 8.06. The first-order valence-corrected chi connectivity index (χ1v) is 10.2. The van der Waals surface area contributed by atoms with Crippen LogP contribution in [0, 0.1) is 0 Å². The molecule has 31 heavy (non-hydrogen) atoms. The third kappa shape index (κ3) is 4.49. The van der Waals surface area contributed by atoms with E-state index in [1.807, 2.05) is 6.92 Å². The summed E-state index contributed by atoms with van der Waals surface area (Å²) < 4.78 is 10.5. The number of aliphatic hydroxyl groups is 1. The topological polar surface area (TPSA) is 96.3 Å². The van der Waals surface area contributed by atoms with Crippen LogP contribution >= 0.6 is 23.2 Å². The molecule has 164 valence electrons. The van der Waals surface area contributed by atoms with Crippen molar-refractivity contribution < 1.29 is 29.3 Å². The van der Waals surface area contributed by atoms with Crippen molar-refractivity contribution in [3.63, 3.8) is 0 Å². The summed E-state index contributed by atoms with van der Waals surface area (Å²) in [5.41, 5.74) is 0.461. The molecule has 0 aliphatic carbocycles. The van der Waals surface area contributed by atoms with E-state index in [-0.39, 0.29) is 40.1 Å². The Balaban J connectivity index is 2.21. The van der Waals surface area contributed by atoms with Gasteiger partial charge in [0.15, 0.2) is 0 Å². The number of likely N-dealkylation sites (tertiary alicyclic amines) is 1. The van der Waals surface area contributed by atoms with E-state index in [9.17, 15) is 19.8 Å². The van der Waals surface area contributed by atoms with Gasteiger partial charge < -0.3 is 24.6 Å². The van der Waals surface area contributed by atoms with Gasteiger partial charge in [0.1, 0.15) is 17.3 Å². The lowest BCUT2D eigenvalue weighted by Crippen LogP contribution is -2.32. The number of phenolic OH excluding ortho intramolecular Hbond substituents is 1. The van der Waals surface area contributed by atoms with E-state index >= 15 is 0 Å². The summed E-state index contributed by atoms with van der Waals surface area (Å²) in [7, 11) is 1.47. The predicted molar refractivity (Wildman–Crippen MR) is 117 cm³/mol. The second-order valence-corrected chi connectivity index (χ2v) is 7.59. The van der Waals surface area contributed by atoms with Crippen molar-refractivity contribution in [2.75, 3.05) is 26.9 Å². The predicted octanol–water partition coefficient (Wildman–Crippen LogP) is 4.17. The van der Waals surface area contributed by atoms with E-state index in [0.29, 0.717) is 17.9 Å². The van der Waals surface area contributed by atoms with Gasteiger partial charge in [-0.05, 0) is 42.8 Å². The number of Topliss-reactive ketones (excluding diaryl/α,β-unsaturated/α-hetero) is 1. The van der Waals surface area contributed by atoms with Crippen molar-refractivity contribution in [3.8, 4) is 11.5 Å². The standard InChI is InChI=1S/C22H21Cl2NO6/c1-3-31-13-5-6-15(23)14(11-13)20(27)18-19(12-4-7-17(26)16(24)10-12)25(8-9-30-2)22(29)21(18)28/h4-7,10-11,19,26-27H,3,8-9H2,1-2H3/b20-18+. The van der Waals surface area contributed by atoms with Crippen LogP contribution in [0.4, 0.5) is 0 Å². The lowest BCUT2D eigenvalue weighted by atomic mass is 9.95. The molecular weight excluding hydrogens is 445 g/mol. The summed E-state index contributed by atoms with van der Waals surface area (Å²) in [5.74, 6) is -1.78. The lowest BCUT2D eigenvalue weighted by Gasteiger charge is -2.25. The minimum Gasteiger partial charge on any atom is -0.507 e. The van der Waals surface area contributed by atoms with Crippen LogP contribution in [0.5, 0.6) is 11.5 Å². The monoisotopic (exact) mass is 465 g/mol. The van der Waals surface area contributed by atoms with Crippen LogP contribution in [0.1, 0.15) is 24.1 Å². The van der Waals surface area contributed by atoms with Crippen molar-refractivity contribution in [1.29, 1.82) is 0 Å². The van der Waals surface area contributed by atoms with Gasteiger partial charge in [0.2, 0.25) is 0 Å². The summed E-state index contributed by atoms with van der Waals surface area (Å²) in [6.45, 7) is 2.49. The second-order valence-electron chi connectivity index (χ2n) is 6.77. The highest BCUT2D eigenvalue weighted by Crippen LogP contribution is 2.42. The van der Waals surface area contributed by atoms with E-state index in [1.54, 1.807) is 6.07 Å². The summed E-state index contributed by atoms with van der Waals surface area (Å²) in [4.78, 5) is 27.0. The average molecular weight is 466 g/mol. The molecule has 0 aromatic heterocycles. The van der Waals surface area contributed by atoms with Crippen LogP contribution < -0.4 is 4.74 Å². The van der Waals surface area contributed by atoms with E-state index < -0.39 is 23.5 Å². The first kappa shape index (κ1) is 22.9. The van der Waals surface area contributed by atoms with Gasteiger partial charge in [-0.15, -0.1) is 0 Å². The number of rotatable bonds is 7. The molecule has 0 saturated carbocycles. The molecule has 3 rings (SSSR count). The highest BCUT2D eigenvalue weighted by Gasteiger charge is 2.46. The molecule has 1 saturated heterocycles. The number of benzene rings is 2. The third-order valence-electron chi connectivity index (χ3n) is 4.87. The zero-order valence-corrected chi connectivity index (χ0v) is 18.4. The van der Waals surface area contributed by atoms with E-state index in [4.69, 9.17) is 32.7 Å². The van der Waals surface area contributed by atoms with Gasteiger partial charge in [-0.1, -0.05) is 29.3 Å². The number of carbonyl (C=O) groups is 2. The maximum Gasteiger partial charge on any atom is 0.295 e. The molecule has 1 fully saturated rings. The molecule has 7 nitrogen and oxygen atoms in total. The van der Waals surface area contributed by atoms with E-state index in [1.165, 1.54) is 42.3 Å². The number of amides is 1. The molecule has 2 N–H and O–H groups in total. The van der Waals surface area contributed by atoms with Crippen molar-refractivity contribution in [3.05, 3.63) is 63.1 Å². The molecule has 0 radical (unpaired) electrons. The summed E-state index contributed by atoms with van der Waals surface area (Å²) in [5, 5.41) is 21.1. The smallest absolute Gasteiger partial charge is 0.295 e. The average Bonchev–Trinajstić information content (AvgIpc) is 3.00. The van der Waals surface area contributed by atoms with Crippen LogP contribution in [0.2, 0.25) is 10.0 Å². The number of ether oxygens (including phenoxy) is 2. The Morgan fingerprint density at radius 2 is 1.87 bits per heavy atom. The number of phenols is 1. The van der Waals surface area contributed by atoms with Gasteiger partial charge in [0.05, 0.1) is 34.9 Å². The van der Waals surface area contributed by atoms with Gasteiger partial charge >= 0.3 is 0 Å². The molecule has 1 atom stereocenters. The molecule has 2 aromatic rings. The lowest BCUT2D eigenvalue weighted by molar-refractivity contribution is -0.140. The maximum absolute atomic E-state index is 12.9. The Hall–Kier alpha value is -2.74. The van der Waals surface area contributed by atoms with Gasteiger partial charge in [-0.2, -0.15) is 0 Å². The molecule has 0 bridgehead atoms. The fourth-order valence-electron chi connectivity index (χ4n) is 3.43. The Kier molecular flexibility index (Phi) is 7.10. The zero-order chi connectivity index (χ0) is 22.7. The molecule has 0 spiro atoms. The maximum atomic E-state index is 12.9. The van der Waals surface area contributed by atoms with Crippen molar-refractivity contribution in [1.82, 2.24) is 4.90 Å². The van der Waals surface area contributed by atoms with Gasteiger partial charge in [0, 0.05) is 19.2 Å². The first-order valence-electron chi connectivity index (χ1n) is 9.48. The minimum absolute atomic E-state index is 0.0474. The van der Waals surface area contributed by atoms with Crippen LogP contribution in [0.3, 0.4) is 0 Å². The number of aromatic hydroxyl groups is 1. The summed E-state index contributed by atoms with van der Waals surface area (Å²) >= 11 is 12.3. The number of carbonyl (C=O) groups excluding carboxylic acids is 2. The normalized spacial score (nSPS) is 17.9. The fourth-order valence-corrected chi connectivity index (χ4v) is 3.82. The Bertz CT molecular complexity index is 1050. The van der Waals surface area contributed by atoms with Crippen LogP contribution in [-0.4, -0.2) is 53.7 Å². The van der Waals surface area contributed by atoms with E-state index in [0.717, 1.165) is 0 Å². The van der Waals surface area contributed by atoms with Crippen molar-refractivity contribution in [2.45, 2.75) is 13.0 Å². The third-order valence-corrected chi connectivity index (χ3v) is 5.50. The SMILES string of the molecule is CCOc1ccc(Cl)c(/C(O)=C2\C(=O)C(=O)N(CCOC)C2c2ccc(O)c(Cl)c2)c1. The largest absolute Gasteiger partial charge is 0.507 e. The van der Waals surface area contributed by atoms with Gasteiger partial charge in [-0.25, -0.2) is 0 Å².